The third-order valence-corrected chi connectivity index (χ3v) is 3.20. The normalized spacial score (nSPS) is 12.0. The number of rotatable bonds is 5. The SMILES string of the molecule is O=C(NCCOc1ccc2c(c1)OCO2)c1ccnc(Cl)c1. The van der Waals surface area contributed by atoms with Gasteiger partial charge in [-0.2, -0.15) is 0 Å². The number of hydrogen-bond donors (Lipinski definition) is 1. The number of amides is 1. The first-order valence-electron chi connectivity index (χ1n) is 6.64. The van der Waals surface area contributed by atoms with Crippen molar-refractivity contribution in [2.24, 2.45) is 0 Å². The van der Waals surface area contributed by atoms with E-state index in [2.05, 4.69) is 10.3 Å². The van der Waals surface area contributed by atoms with Gasteiger partial charge < -0.3 is 19.5 Å². The zero-order chi connectivity index (χ0) is 15.4. The molecule has 3 rings (SSSR count). The Kier molecular flexibility index (Phi) is 4.29. The lowest BCUT2D eigenvalue weighted by atomic mass is 10.2. The lowest BCUT2D eigenvalue weighted by molar-refractivity contribution is 0.0947. The van der Waals surface area contributed by atoms with E-state index in [0.717, 1.165) is 0 Å². The first-order valence-corrected chi connectivity index (χ1v) is 7.02. The fraction of sp³-hybridized carbons (Fsp3) is 0.200. The molecule has 7 heteroatoms. The average Bonchev–Trinajstić information content (AvgIpc) is 2.99. The van der Waals surface area contributed by atoms with E-state index in [9.17, 15) is 4.79 Å². The van der Waals surface area contributed by atoms with Gasteiger partial charge in [0, 0.05) is 17.8 Å². The molecule has 1 aromatic carbocycles. The first-order chi connectivity index (χ1) is 10.7. The molecule has 0 saturated heterocycles. The number of ether oxygens (including phenoxy) is 3. The molecule has 114 valence electrons. The molecule has 1 amide bonds. The number of pyridine rings is 1. The summed E-state index contributed by atoms with van der Waals surface area (Å²) in [4.78, 5) is 15.7. The minimum atomic E-state index is -0.224. The summed E-state index contributed by atoms with van der Waals surface area (Å²) in [5, 5.41) is 3.02. The first kappa shape index (κ1) is 14.5. The Labute approximate surface area is 132 Å². The van der Waals surface area contributed by atoms with Crippen molar-refractivity contribution in [2.75, 3.05) is 19.9 Å². The van der Waals surface area contributed by atoms with E-state index in [1.54, 1.807) is 24.3 Å². The Morgan fingerprint density at radius 3 is 3.00 bits per heavy atom. The molecule has 0 fully saturated rings. The summed E-state index contributed by atoms with van der Waals surface area (Å²) < 4.78 is 16.0. The van der Waals surface area contributed by atoms with E-state index >= 15 is 0 Å². The number of carbonyl (C=O) groups is 1. The Morgan fingerprint density at radius 1 is 1.27 bits per heavy atom. The fourth-order valence-electron chi connectivity index (χ4n) is 1.95. The largest absolute Gasteiger partial charge is 0.492 e. The number of aromatic nitrogens is 1. The number of fused-ring (bicyclic) bond motifs is 1. The van der Waals surface area contributed by atoms with Crippen LogP contribution in [0.2, 0.25) is 5.15 Å². The third kappa shape index (κ3) is 3.40. The van der Waals surface area contributed by atoms with Gasteiger partial charge >= 0.3 is 0 Å². The average molecular weight is 321 g/mol. The van der Waals surface area contributed by atoms with Crippen LogP contribution in [0.1, 0.15) is 10.4 Å². The van der Waals surface area contributed by atoms with E-state index < -0.39 is 0 Å². The molecule has 1 aromatic heterocycles. The van der Waals surface area contributed by atoms with Gasteiger partial charge in [0.1, 0.15) is 17.5 Å². The van der Waals surface area contributed by atoms with E-state index in [1.165, 1.54) is 12.3 Å². The smallest absolute Gasteiger partial charge is 0.251 e. The summed E-state index contributed by atoms with van der Waals surface area (Å²) in [6.45, 7) is 0.931. The van der Waals surface area contributed by atoms with E-state index in [4.69, 9.17) is 25.8 Å². The molecular weight excluding hydrogens is 308 g/mol. The van der Waals surface area contributed by atoms with Crippen molar-refractivity contribution in [1.29, 1.82) is 0 Å². The van der Waals surface area contributed by atoms with E-state index in [0.29, 0.717) is 36.0 Å². The zero-order valence-corrected chi connectivity index (χ0v) is 12.3. The molecule has 0 aliphatic carbocycles. The van der Waals surface area contributed by atoms with Crippen molar-refractivity contribution in [3.63, 3.8) is 0 Å². The highest BCUT2D eigenvalue weighted by molar-refractivity contribution is 6.29. The van der Waals surface area contributed by atoms with Crippen molar-refractivity contribution in [3.05, 3.63) is 47.2 Å². The molecule has 0 radical (unpaired) electrons. The fourth-order valence-corrected chi connectivity index (χ4v) is 2.12. The molecule has 1 aliphatic rings. The molecule has 0 bridgehead atoms. The van der Waals surface area contributed by atoms with Crippen LogP contribution < -0.4 is 19.5 Å². The zero-order valence-electron chi connectivity index (χ0n) is 11.5. The van der Waals surface area contributed by atoms with Crippen molar-refractivity contribution < 1.29 is 19.0 Å². The number of carbonyl (C=O) groups excluding carboxylic acids is 1. The number of hydrogen-bond acceptors (Lipinski definition) is 5. The summed E-state index contributed by atoms with van der Waals surface area (Å²) in [5.41, 5.74) is 0.461. The third-order valence-electron chi connectivity index (χ3n) is 2.99. The van der Waals surface area contributed by atoms with Gasteiger partial charge in [-0.05, 0) is 24.3 Å². The van der Waals surface area contributed by atoms with Gasteiger partial charge in [-0.3, -0.25) is 4.79 Å². The topological polar surface area (TPSA) is 69.7 Å². The summed E-state index contributed by atoms with van der Waals surface area (Å²) in [7, 11) is 0. The number of halogens is 1. The maximum Gasteiger partial charge on any atom is 0.251 e. The molecular formula is C15H13ClN2O4. The molecule has 1 N–H and O–H groups in total. The summed E-state index contributed by atoms with van der Waals surface area (Å²) >= 11 is 5.74. The molecule has 6 nitrogen and oxygen atoms in total. The molecule has 0 saturated carbocycles. The molecule has 2 heterocycles. The summed E-state index contributed by atoms with van der Waals surface area (Å²) in [5.74, 6) is 1.80. The molecule has 0 unspecified atom stereocenters. The Hall–Kier alpha value is -2.47. The quantitative estimate of drug-likeness (QED) is 0.676. The highest BCUT2D eigenvalue weighted by Crippen LogP contribution is 2.34. The van der Waals surface area contributed by atoms with Crippen LogP contribution in [0.3, 0.4) is 0 Å². The van der Waals surface area contributed by atoms with Gasteiger partial charge in [0.15, 0.2) is 11.5 Å². The minimum Gasteiger partial charge on any atom is -0.492 e. The Balaban J connectivity index is 1.46. The van der Waals surface area contributed by atoms with Crippen LogP contribution in [0.25, 0.3) is 0 Å². The van der Waals surface area contributed by atoms with Crippen LogP contribution >= 0.6 is 11.6 Å². The Bertz CT molecular complexity index is 693. The van der Waals surface area contributed by atoms with Crippen molar-refractivity contribution in [2.45, 2.75) is 0 Å². The number of benzene rings is 1. The highest BCUT2D eigenvalue weighted by atomic mass is 35.5. The number of nitrogens with zero attached hydrogens (tertiary/aromatic N) is 1. The second-order valence-electron chi connectivity index (χ2n) is 4.49. The molecule has 0 atom stereocenters. The predicted octanol–water partition coefficient (Wildman–Crippen LogP) is 2.27. The van der Waals surface area contributed by atoms with Crippen molar-refractivity contribution in [3.8, 4) is 17.2 Å². The Morgan fingerprint density at radius 2 is 2.14 bits per heavy atom. The van der Waals surface area contributed by atoms with Gasteiger partial charge in [0.2, 0.25) is 6.79 Å². The molecule has 1 aliphatic heterocycles. The van der Waals surface area contributed by atoms with Gasteiger partial charge in [-0.1, -0.05) is 11.6 Å². The standard InChI is InChI=1S/C15H13ClN2O4/c16-14-7-10(3-4-17-14)15(19)18-5-6-20-11-1-2-12-13(8-11)22-9-21-12/h1-4,7-8H,5-6,9H2,(H,18,19). The maximum absolute atomic E-state index is 11.9. The van der Waals surface area contributed by atoms with E-state index in [1.807, 2.05) is 0 Å². The van der Waals surface area contributed by atoms with Crippen LogP contribution in [0.5, 0.6) is 17.2 Å². The lowest BCUT2D eigenvalue weighted by Crippen LogP contribution is -2.28. The van der Waals surface area contributed by atoms with Gasteiger partial charge in [0.25, 0.3) is 5.91 Å². The number of nitrogens with one attached hydrogen (secondary N) is 1. The van der Waals surface area contributed by atoms with Gasteiger partial charge in [0.05, 0.1) is 6.54 Å². The van der Waals surface area contributed by atoms with Gasteiger partial charge in [-0.25, -0.2) is 4.98 Å². The maximum atomic E-state index is 11.9. The lowest BCUT2D eigenvalue weighted by Gasteiger charge is -2.08. The second-order valence-corrected chi connectivity index (χ2v) is 4.87. The van der Waals surface area contributed by atoms with Crippen LogP contribution in [0.15, 0.2) is 36.5 Å². The van der Waals surface area contributed by atoms with E-state index in [-0.39, 0.29) is 17.9 Å². The summed E-state index contributed by atoms with van der Waals surface area (Å²) in [6, 6.07) is 8.44. The van der Waals surface area contributed by atoms with Crippen LogP contribution in [0, 0.1) is 0 Å². The van der Waals surface area contributed by atoms with Gasteiger partial charge in [-0.15, -0.1) is 0 Å². The second kappa shape index (κ2) is 6.53. The van der Waals surface area contributed by atoms with Crippen LogP contribution in [-0.4, -0.2) is 30.8 Å². The molecule has 0 spiro atoms. The van der Waals surface area contributed by atoms with Crippen molar-refractivity contribution >= 4 is 17.5 Å². The van der Waals surface area contributed by atoms with Crippen LogP contribution in [-0.2, 0) is 0 Å². The minimum absolute atomic E-state index is 0.224. The highest BCUT2D eigenvalue weighted by Gasteiger charge is 2.13. The summed E-state index contributed by atoms with van der Waals surface area (Å²) in [6.07, 6.45) is 1.49. The monoisotopic (exact) mass is 320 g/mol. The molecule has 2 aromatic rings. The predicted molar refractivity (Wildman–Crippen MR) is 79.6 cm³/mol. The molecule has 22 heavy (non-hydrogen) atoms. The van der Waals surface area contributed by atoms with Crippen LogP contribution in [0.4, 0.5) is 0 Å². The van der Waals surface area contributed by atoms with Crippen molar-refractivity contribution in [1.82, 2.24) is 10.3 Å².